The quantitative estimate of drug-likeness (QED) is 0.657. The molecule has 2 aromatic rings. The van der Waals surface area contributed by atoms with Crippen LogP contribution < -0.4 is 0 Å². The number of hydrogen-bond donors (Lipinski definition) is 2. The van der Waals surface area contributed by atoms with Gasteiger partial charge in [0.2, 0.25) is 0 Å². The Morgan fingerprint density at radius 3 is 1.30 bits per heavy atom. The Hall–Kier alpha value is -1.84. The third kappa shape index (κ3) is 7.57. The molecular weight excluding hydrogens is 310 g/mol. The molecule has 0 atom stereocenters. The van der Waals surface area contributed by atoms with Gasteiger partial charge in [0.25, 0.3) is 5.97 Å². The fourth-order valence-electron chi connectivity index (χ4n) is 1.35. The molecule has 0 amide bonds. The Bertz CT molecular complexity index is 466. The number of rotatable bonds is 2. The van der Waals surface area contributed by atoms with Crippen molar-refractivity contribution in [3.63, 3.8) is 0 Å². The summed E-state index contributed by atoms with van der Waals surface area (Å²) in [4.78, 5) is 20.8. The average molecular weight is 325 g/mol. The molecule has 5 heteroatoms. The van der Waals surface area contributed by atoms with E-state index in [2.05, 4.69) is 0 Å². The molecule has 0 spiro atoms. The number of benzene rings is 2. The zero-order valence-corrected chi connectivity index (χ0v) is 14.2. The van der Waals surface area contributed by atoms with Crippen LogP contribution in [0.1, 0.15) is 22.8 Å². The number of carboxylic acids is 1. The summed E-state index contributed by atoms with van der Waals surface area (Å²) in [6.45, 7) is 1.08. The molecule has 0 saturated carbocycles. The summed E-state index contributed by atoms with van der Waals surface area (Å²) in [7, 11) is 0. The minimum atomic E-state index is -0.833. The van der Waals surface area contributed by atoms with Crippen molar-refractivity contribution in [3.8, 4) is 0 Å². The van der Waals surface area contributed by atoms with Crippen molar-refractivity contribution in [3.05, 3.63) is 71.8 Å². The number of carbonyl (C=O) groups is 2. The van der Waals surface area contributed by atoms with Crippen molar-refractivity contribution in [1.82, 2.24) is 0 Å². The van der Waals surface area contributed by atoms with Crippen LogP contribution in [0.3, 0.4) is 0 Å². The number of aliphatic carboxylic acids is 1. The van der Waals surface area contributed by atoms with Gasteiger partial charge in [0.05, 0.1) is 0 Å². The summed E-state index contributed by atoms with van der Waals surface area (Å²) < 4.78 is 7.12. The number of ketones is 1. The molecular formula is C15H15O4Zn. The molecule has 0 unspecified atom stereocenters. The van der Waals surface area contributed by atoms with E-state index in [1.807, 2.05) is 60.7 Å². The first-order chi connectivity index (χ1) is 9.61. The zero-order valence-electron chi connectivity index (χ0n) is 11.2. The summed E-state index contributed by atoms with van der Waals surface area (Å²) in [5.41, 5.74) is 1.47. The SMILES string of the molecule is CC(=O)O.O=C(c1ccccc1)c1ccccc1.[OH][Zn]. The molecule has 0 radical (unpaired) electrons. The number of carbonyl (C=O) groups excluding carboxylic acids is 1. The molecule has 0 aliphatic rings. The minimum absolute atomic E-state index is 0.0752. The molecule has 0 saturated heterocycles. The second-order valence-corrected chi connectivity index (χ2v) is 3.58. The van der Waals surface area contributed by atoms with E-state index in [-0.39, 0.29) is 5.78 Å². The molecule has 2 aromatic carbocycles. The van der Waals surface area contributed by atoms with Gasteiger partial charge in [0.15, 0.2) is 5.78 Å². The van der Waals surface area contributed by atoms with Crippen LogP contribution in [0.5, 0.6) is 0 Å². The molecule has 0 aliphatic heterocycles. The maximum absolute atomic E-state index is 11.8. The van der Waals surface area contributed by atoms with Gasteiger partial charge in [-0.05, 0) is 0 Å². The van der Waals surface area contributed by atoms with Gasteiger partial charge in [-0.25, -0.2) is 0 Å². The predicted octanol–water partition coefficient (Wildman–Crippen LogP) is 2.45. The first-order valence-electron chi connectivity index (χ1n) is 5.77. The standard InChI is InChI=1S/C13H10O.C2H4O2.H2O.Zn/c14-13(11-7-3-1-4-8-11)12-9-5-2-6-10-12;1-2(3)4;;/h1-10H;1H3,(H,3,4);1H2;/q;;;+1/p-1. The van der Waals surface area contributed by atoms with Gasteiger partial charge in [0, 0.05) is 18.1 Å². The monoisotopic (exact) mass is 323 g/mol. The Morgan fingerprint density at radius 2 is 1.05 bits per heavy atom. The van der Waals surface area contributed by atoms with Gasteiger partial charge in [-0.3, -0.25) is 9.59 Å². The van der Waals surface area contributed by atoms with E-state index in [1.165, 1.54) is 0 Å². The van der Waals surface area contributed by atoms with Crippen molar-refractivity contribution in [2.75, 3.05) is 0 Å². The molecule has 20 heavy (non-hydrogen) atoms. The zero-order chi connectivity index (χ0) is 15.4. The van der Waals surface area contributed by atoms with Crippen molar-refractivity contribution >= 4 is 11.8 Å². The first-order valence-corrected chi connectivity index (χ1v) is 7.10. The van der Waals surface area contributed by atoms with Crippen molar-refractivity contribution < 1.29 is 37.3 Å². The van der Waals surface area contributed by atoms with E-state index < -0.39 is 5.97 Å². The summed E-state index contributed by atoms with van der Waals surface area (Å²) in [5, 5.41) is 7.42. The van der Waals surface area contributed by atoms with E-state index in [9.17, 15) is 4.79 Å². The van der Waals surface area contributed by atoms with Crippen molar-refractivity contribution in [2.45, 2.75) is 6.92 Å². The molecule has 0 aromatic heterocycles. The van der Waals surface area contributed by atoms with E-state index in [0.717, 1.165) is 18.1 Å². The normalized spacial score (nSPS) is 8.40. The van der Waals surface area contributed by atoms with E-state index in [1.54, 1.807) is 0 Å². The van der Waals surface area contributed by atoms with Gasteiger partial charge in [-0.1, -0.05) is 60.7 Å². The topological polar surface area (TPSA) is 74.6 Å². The number of hydrogen-bond acceptors (Lipinski definition) is 3. The molecule has 2 rings (SSSR count). The fraction of sp³-hybridized carbons (Fsp3) is 0.0667. The second-order valence-electron chi connectivity index (χ2n) is 3.58. The van der Waals surface area contributed by atoms with Crippen LogP contribution in [0.2, 0.25) is 0 Å². The summed E-state index contributed by atoms with van der Waals surface area (Å²) in [6, 6.07) is 18.6. The van der Waals surface area contributed by atoms with E-state index in [0.29, 0.717) is 18.7 Å². The summed E-state index contributed by atoms with van der Waals surface area (Å²) in [5.74, 6) is -0.758. The van der Waals surface area contributed by atoms with Crippen molar-refractivity contribution in [1.29, 1.82) is 0 Å². The van der Waals surface area contributed by atoms with E-state index >= 15 is 0 Å². The molecule has 2 N–H and O–H groups in total. The molecule has 4 nitrogen and oxygen atoms in total. The third-order valence-corrected chi connectivity index (χ3v) is 2.07. The molecule has 0 aliphatic carbocycles. The van der Waals surface area contributed by atoms with Gasteiger partial charge in [-0.15, -0.1) is 0 Å². The Kier molecular flexibility index (Phi) is 10.0. The molecule has 0 fully saturated rings. The molecule has 0 bridgehead atoms. The van der Waals surface area contributed by atoms with Gasteiger partial charge in [-0.2, -0.15) is 0 Å². The fourth-order valence-corrected chi connectivity index (χ4v) is 1.35. The second kappa shape index (κ2) is 11.0. The Morgan fingerprint density at radius 1 is 0.800 bits per heavy atom. The number of carboxylic acid groups (broad SMARTS) is 1. The van der Waals surface area contributed by atoms with Crippen LogP contribution in [0.15, 0.2) is 60.7 Å². The van der Waals surface area contributed by atoms with Crippen LogP contribution in [-0.4, -0.2) is 20.8 Å². The molecule has 101 valence electrons. The third-order valence-electron chi connectivity index (χ3n) is 2.07. The summed E-state index contributed by atoms with van der Waals surface area (Å²) >= 11 is 0.375. The predicted molar refractivity (Wildman–Crippen MR) is 71.8 cm³/mol. The first kappa shape index (κ1) is 18.2. The van der Waals surface area contributed by atoms with Crippen LogP contribution in [0, 0.1) is 0 Å². The average Bonchev–Trinajstić information content (AvgIpc) is 2.50. The van der Waals surface area contributed by atoms with Crippen LogP contribution in [0.25, 0.3) is 0 Å². The van der Waals surface area contributed by atoms with Crippen molar-refractivity contribution in [2.24, 2.45) is 0 Å². The Balaban J connectivity index is 0.000000521. The van der Waals surface area contributed by atoms with Gasteiger partial charge in [0.1, 0.15) is 0 Å². The van der Waals surface area contributed by atoms with Crippen LogP contribution >= 0.6 is 0 Å². The molecule has 0 heterocycles. The maximum atomic E-state index is 11.8. The van der Waals surface area contributed by atoms with E-state index in [4.69, 9.17) is 13.8 Å². The van der Waals surface area contributed by atoms with Crippen LogP contribution in [0.4, 0.5) is 0 Å². The summed E-state index contributed by atoms with van der Waals surface area (Å²) in [6.07, 6.45) is 0. The van der Waals surface area contributed by atoms with Gasteiger partial charge < -0.3 is 5.11 Å². The Labute approximate surface area is 128 Å². The van der Waals surface area contributed by atoms with Gasteiger partial charge >= 0.3 is 22.6 Å². The van der Waals surface area contributed by atoms with Crippen LogP contribution in [-0.2, 0) is 23.5 Å².